The Morgan fingerprint density at radius 3 is 2.90 bits per heavy atom. The first-order valence-electron chi connectivity index (χ1n) is 6.45. The number of primary amides is 1. The summed E-state index contributed by atoms with van der Waals surface area (Å²) in [5.41, 5.74) is 5.55. The second-order valence-corrected chi connectivity index (χ2v) is 4.74. The van der Waals surface area contributed by atoms with Gasteiger partial charge in [0.25, 0.3) is 5.91 Å². The van der Waals surface area contributed by atoms with Crippen molar-refractivity contribution >= 4 is 17.8 Å². The highest BCUT2D eigenvalue weighted by Crippen LogP contribution is 2.16. The van der Waals surface area contributed by atoms with E-state index in [1.807, 2.05) is 0 Å². The van der Waals surface area contributed by atoms with Gasteiger partial charge in [0.05, 0.1) is 5.92 Å². The predicted molar refractivity (Wildman–Crippen MR) is 69.6 cm³/mol. The second-order valence-electron chi connectivity index (χ2n) is 4.74. The molecule has 1 aliphatic heterocycles. The topological polar surface area (TPSA) is 105 Å². The number of amides is 2. The number of hydrogen-bond acceptors (Lipinski definition) is 4. The van der Waals surface area contributed by atoms with Crippen LogP contribution in [-0.2, 0) is 14.3 Å². The number of carbonyl (C=O) groups is 3. The van der Waals surface area contributed by atoms with Crippen molar-refractivity contribution in [2.24, 2.45) is 11.7 Å². The smallest absolute Gasteiger partial charge is 0.355 e. The third-order valence-electron chi connectivity index (χ3n) is 3.32. The number of nitrogens with one attached hydrogen (secondary N) is 1. The minimum Gasteiger partial charge on any atom is -0.451 e. The lowest BCUT2D eigenvalue weighted by molar-refractivity contribution is -0.137. The lowest BCUT2D eigenvalue weighted by atomic mass is 9.97. The summed E-state index contributed by atoms with van der Waals surface area (Å²) in [6, 6.07) is 3.23. The van der Waals surface area contributed by atoms with Gasteiger partial charge in [-0.1, -0.05) is 0 Å². The molecule has 20 heavy (non-hydrogen) atoms. The molecule has 1 aromatic rings. The third-order valence-corrected chi connectivity index (χ3v) is 3.32. The largest absolute Gasteiger partial charge is 0.451 e. The summed E-state index contributed by atoms with van der Waals surface area (Å²) in [4.78, 5) is 38.8. The van der Waals surface area contributed by atoms with Crippen LogP contribution in [0.1, 0.15) is 23.3 Å². The molecule has 1 fully saturated rings. The van der Waals surface area contributed by atoms with E-state index in [4.69, 9.17) is 10.5 Å². The minimum absolute atomic E-state index is 0.298. The Balaban J connectivity index is 1.82. The van der Waals surface area contributed by atoms with Crippen molar-refractivity contribution < 1.29 is 19.1 Å². The standard InChI is InChI=1S/C13H17N3O4/c14-12(18)9-3-2-6-16(7-9)11(17)8-20-13(19)10-4-1-5-15-10/h1,4-5,9,15H,2-3,6-8H2,(H2,14,18)/t9-/m1/s1. The summed E-state index contributed by atoms with van der Waals surface area (Å²) in [6.07, 6.45) is 3.02. The summed E-state index contributed by atoms with van der Waals surface area (Å²) in [5.74, 6) is -1.60. The van der Waals surface area contributed by atoms with Crippen LogP contribution in [-0.4, -0.2) is 47.4 Å². The van der Waals surface area contributed by atoms with Gasteiger partial charge in [0, 0.05) is 19.3 Å². The van der Waals surface area contributed by atoms with Crippen molar-refractivity contribution in [3.63, 3.8) is 0 Å². The molecule has 1 aromatic heterocycles. The van der Waals surface area contributed by atoms with Gasteiger partial charge < -0.3 is 20.4 Å². The molecule has 2 amide bonds. The van der Waals surface area contributed by atoms with Gasteiger partial charge in [-0.15, -0.1) is 0 Å². The first-order valence-corrected chi connectivity index (χ1v) is 6.45. The molecule has 0 radical (unpaired) electrons. The monoisotopic (exact) mass is 279 g/mol. The fourth-order valence-electron chi connectivity index (χ4n) is 2.19. The molecular formula is C13H17N3O4. The maximum Gasteiger partial charge on any atom is 0.355 e. The van der Waals surface area contributed by atoms with E-state index >= 15 is 0 Å². The van der Waals surface area contributed by atoms with Gasteiger partial charge in [0.2, 0.25) is 5.91 Å². The molecule has 7 nitrogen and oxygen atoms in total. The number of piperidine rings is 1. The molecule has 0 spiro atoms. The van der Waals surface area contributed by atoms with Crippen LogP contribution in [0.2, 0.25) is 0 Å². The van der Waals surface area contributed by atoms with E-state index in [0.717, 1.165) is 6.42 Å². The molecule has 1 saturated heterocycles. The Bertz CT molecular complexity index is 498. The fraction of sp³-hybridized carbons (Fsp3) is 0.462. The lowest BCUT2D eigenvalue weighted by Crippen LogP contribution is -2.45. The van der Waals surface area contributed by atoms with Gasteiger partial charge >= 0.3 is 5.97 Å². The molecule has 0 saturated carbocycles. The molecule has 1 atom stereocenters. The molecule has 1 aliphatic rings. The highest BCUT2D eigenvalue weighted by atomic mass is 16.5. The number of nitrogens with two attached hydrogens (primary N) is 1. The minimum atomic E-state index is -0.577. The third kappa shape index (κ3) is 3.37. The predicted octanol–water partition coefficient (Wildman–Crippen LogP) is -0.105. The Labute approximate surface area is 116 Å². The quantitative estimate of drug-likeness (QED) is 0.750. The number of hydrogen-bond donors (Lipinski definition) is 2. The molecule has 0 unspecified atom stereocenters. The van der Waals surface area contributed by atoms with E-state index in [1.54, 1.807) is 18.3 Å². The van der Waals surface area contributed by atoms with Crippen LogP contribution in [0.15, 0.2) is 18.3 Å². The van der Waals surface area contributed by atoms with Crippen LogP contribution in [0.5, 0.6) is 0 Å². The average molecular weight is 279 g/mol. The van der Waals surface area contributed by atoms with Crippen molar-refractivity contribution in [2.75, 3.05) is 19.7 Å². The van der Waals surface area contributed by atoms with E-state index < -0.39 is 11.9 Å². The molecule has 0 aliphatic carbocycles. The number of ether oxygens (including phenoxy) is 1. The highest BCUT2D eigenvalue weighted by molar-refractivity contribution is 5.89. The van der Waals surface area contributed by atoms with Crippen LogP contribution < -0.4 is 5.73 Å². The number of aromatic nitrogens is 1. The van der Waals surface area contributed by atoms with Crippen LogP contribution in [0.4, 0.5) is 0 Å². The van der Waals surface area contributed by atoms with Gasteiger partial charge in [0.15, 0.2) is 6.61 Å². The van der Waals surface area contributed by atoms with E-state index in [-0.39, 0.29) is 18.4 Å². The molecule has 108 valence electrons. The number of nitrogens with zero attached hydrogens (tertiary/aromatic N) is 1. The zero-order chi connectivity index (χ0) is 14.5. The fourth-order valence-corrected chi connectivity index (χ4v) is 2.19. The van der Waals surface area contributed by atoms with Crippen molar-refractivity contribution in [1.82, 2.24) is 9.88 Å². The van der Waals surface area contributed by atoms with Crippen molar-refractivity contribution in [3.05, 3.63) is 24.0 Å². The molecule has 3 N–H and O–H groups in total. The summed E-state index contributed by atoms with van der Waals surface area (Å²) in [6.45, 7) is 0.528. The first-order chi connectivity index (χ1) is 9.58. The maximum atomic E-state index is 11.9. The normalized spacial score (nSPS) is 18.6. The van der Waals surface area contributed by atoms with E-state index in [0.29, 0.717) is 25.2 Å². The molecule has 7 heteroatoms. The van der Waals surface area contributed by atoms with Gasteiger partial charge in [-0.05, 0) is 25.0 Å². The maximum absolute atomic E-state index is 11.9. The van der Waals surface area contributed by atoms with Gasteiger partial charge in [-0.25, -0.2) is 4.79 Å². The van der Waals surface area contributed by atoms with Crippen LogP contribution in [0, 0.1) is 5.92 Å². The Hall–Kier alpha value is -2.31. The number of likely N-dealkylation sites (tertiary alicyclic amines) is 1. The second kappa shape index (κ2) is 6.23. The van der Waals surface area contributed by atoms with Crippen LogP contribution in [0.25, 0.3) is 0 Å². The Morgan fingerprint density at radius 1 is 1.45 bits per heavy atom. The van der Waals surface area contributed by atoms with E-state index in [1.165, 1.54) is 4.90 Å². The average Bonchev–Trinajstić information content (AvgIpc) is 2.98. The van der Waals surface area contributed by atoms with Crippen molar-refractivity contribution in [3.8, 4) is 0 Å². The van der Waals surface area contributed by atoms with Crippen molar-refractivity contribution in [2.45, 2.75) is 12.8 Å². The van der Waals surface area contributed by atoms with Crippen LogP contribution >= 0.6 is 0 Å². The molecule has 0 aromatic carbocycles. The number of H-pyrrole nitrogens is 1. The SMILES string of the molecule is NC(=O)[C@@H]1CCCN(C(=O)COC(=O)c2ccc[nH]2)C1. The first kappa shape index (κ1) is 14.1. The number of carbonyl (C=O) groups excluding carboxylic acids is 3. The zero-order valence-corrected chi connectivity index (χ0v) is 11.0. The van der Waals surface area contributed by atoms with E-state index in [9.17, 15) is 14.4 Å². The summed E-state index contributed by atoms with van der Waals surface area (Å²) >= 11 is 0. The lowest BCUT2D eigenvalue weighted by Gasteiger charge is -2.30. The summed E-state index contributed by atoms with van der Waals surface area (Å²) in [5, 5.41) is 0. The Morgan fingerprint density at radius 2 is 2.25 bits per heavy atom. The Kier molecular flexibility index (Phi) is 4.39. The summed E-state index contributed by atoms with van der Waals surface area (Å²) in [7, 11) is 0. The number of aromatic amines is 1. The number of rotatable bonds is 4. The molecule has 2 rings (SSSR count). The molecule has 2 heterocycles. The highest BCUT2D eigenvalue weighted by Gasteiger charge is 2.27. The molecular weight excluding hydrogens is 262 g/mol. The van der Waals surface area contributed by atoms with Crippen molar-refractivity contribution in [1.29, 1.82) is 0 Å². The van der Waals surface area contributed by atoms with Crippen LogP contribution in [0.3, 0.4) is 0 Å². The van der Waals surface area contributed by atoms with Gasteiger partial charge in [-0.3, -0.25) is 9.59 Å². The van der Waals surface area contributed by atoms with Gasteiger partial charge in [-0.2, -0.15) is 0 Å². The number of esters is 1. The zero-order valence-electron chi connectivity index (χ0n) is 11.0. The van der Waals surface area contributed by atoms with Gasteiger partial charge in [0.1, 0.15) is 5.69 Å². The molecule has 0 bridgehead atoms. The summed E-state index contributed by atoms with van der Waals surface area (Å²) < 4.78 is 4.92. The van der Waals surface area contributed by atoms with E-state index in [2.05, 4.69) is 4.98 Å².